The number of fused-ring (bicyclic) bond motifs is 3. The third-order valence-corrected chi connectivity index (χ3v) is 3.98. The smallest absolute Gasteiger partial charge is 0.410 e. The molecule has 4 atom stereocenters. The fourth-order valence-corrected chi connectivity index (χ4v) is 2.84. The van der Waals surface area contributed by atoms with Crippen LogP contribution in [0.3, 0.4) is 0 Å². The summed E-state index contributed by atoms with van der Waals surface area (Å²) in [6, 6.07) is 9.84. The highest BCUT2D eigenvalue weighted by Crippen LogP contribution is 2.39. The van der Waals surface area contributed by atoms with Crippen LogP contribution in [0.25, 0.3) is 0 Å². The van der Waals surface area contributed by atoms with Crippen molar-refractivity contribution < 1.29 is 19.1 Å². The summed E-state index contributed by atoms with van der Waals surface area (Å²) in [5.41, 5.74) is 0.995. The summed E-state index contributed by atoms with van der Waals surface area (Å²) in [7, 11) is 0. The third kappa shape index (κ3) is 2.15. The van der Waals surface area contributed by atoms with Gasteiger partial charge in [-0.2, -0.15) is 0 Å². The maximum atomic E-state index is 12.1. The summed E-state index contributed by atoms with van der Waals surface area (Å²) >= 11 is 0. The van der Waals surface area contributed by atoms with Gasteiger partial charge in [0.25, 0.3) is 6.41 Å². The van der Waals surface area contributed by atoms with Gasteiger partial charge < -0.3 is 14.4 Å². The largest absolute Gasteiger partial charge is 0.445 e. The van der Waals surface area contributed by atoms with Crippen LogP contribution in [0.15, 0.2) is 30.3 Å². The Hall–Kier alpha value is -1.63. The molecular weight excluding hydrogens is 260 g/mol. The second-order valence-electron chi connectivity index (χ2n) is 5.29. The monoisotopic (exact) mass is 276 g/mol. The molecular formula is C14H16N2O4. The standard InChI is InChI=1S/C14H16N2O4/c17-13(18-9-10-4-2-1-3-5-10)15-7-6-12-11(8-15)16-14(19-12)20-16/h1-5,11-12,14H,6-9H2. The van der Waals surface area contributed by atoms with E-state index in [0.29, 0.717) is 19.7 Å². The Bertz CT molecular complexity index is 509. The lowest BCUT2D eigenvalue weighted by molar-refractivity contribution is -0.0661. The molecule has 0 saturated carbocycles. The number of hydrogen-bond donors (Lipinski definition) is 0. The quantitative estimate of drug-likeness (QED) is 0.763. The van der Waals surface area contributed by atoms with Crippen LogP contribution in [-0.2, 0) is 20.9 Å². The number of likely N-dealkylation sites (tertiary alicyclic amines) is 1. The van der Waals surface area contributed by atoms with Crippen LogP contribution in [0.1, 0.15) is 12.0 Å². The van der Waals surface area contributed by atoms with Crippen LogP contribution in [0.5, 0.6) is 0 Å². The maximum absolute atomic E-state index is 12.1. The van der Waals surface area contributed by atoms with Crippen molar-refractivity contribution in [1.29, 1.82) is 0 Å². The van der Waals surface area contributed by atoms with Crippen molar-refractivity contribution in [3.63, 3.8) is 0 Å². The van der Waals surface area contributed by atoms with Gasteiger partial charge in [0.1, 0.15) is 6.61 Å². The van der Waals surface area contributed by atoms with Crippen molar-refractivity contribution >= 4 is 6.09 Å². The van der Waals surface area contributed by atoms with Gasteiger partial charge in [-0.3, -0.25) is 0 Å². The molecule has 1 aromatic carbocycles. The van der Waals surface area contributed by atoms with Gasteiger partial charge in [0.2, 0.25) is 0 Å². The number of carbonyl (C=O) groups is 1. The SMILES string of the molecule is O=C(OCc1ccccc1)N1CCC2OC3ON3C2C1. The number of benzene rings is 1. The predicted molar refractivity (Wildman–Crippen MR) is 68.2 cm³/mol. The summed E-state index contributed by atoms with van der Waals surface area (Å²) < 4.78 is 11.0. The number of ether oxygens (including phenoxy) is 2. The summed E-state index contributed by atoms with van der Waals surface area (Å²) in [6.07, 6.45) is 0.580. The molecule has 3 aliphatic heterocycles. The fraction of sp³-hybridized carbons (Fsp3) is 0.500. The molecule has 0 N–H and O–H groups in total. The summed E-state index contributed by atoms with van der Waals surface area (Å²) in [5.74, 6) is 0. The zero-order chi connectivity index (χ0) is 13.5. The van der Waals surface area contributed by atoms with E-state index >= 15 is 0 Å². The lowest BCUT2D eigenvalue weighted by Gasteiger charge is -2.33. The molecule has 3 fully saturated rings. The topological polar surface area (TPSA) is 54.3 Å². The van der Waals surface area contributed by atoms with Crippen LogP contribution in [-0.4, -0.2) is 47.7 Å². The molecule has 0 aromatic heterocycles. The van der Waals surface area contributed by atoms with Gasteiger partial charge in [-0.05, 0) is 12.0 Å². The van der Waals surface area contributed by atoms with Crippen molar-refractivity contribution in [3.8, 4) is 0 Å². The average molecular weight is 276 g/mol. The second-order valence-corrected chi connectivity index (χ2v) is 5.29. The second kappa shape index (κ2) is 4.73. The molecule has 3 aliphatic rings. The molecule has 6 nitrogen and oxygen atoms in total. The number of hydroxylamine groups is 2. The average Bonchev–Trinajstić information content (AvgIpc) is 3.18. The van der Waals surface area contributed by atoms with E-state index in [1.807, 2.05) is 35.4 Å². The lowest BCUT2D eigenvalue weighted by Crippen LogP contribution is -2.50. The molecule has 20 heavy (non-hydrogen) atoms. The van der Waals surface area contributed by atoms with Crippen LogP contribution in [0.4, 0.5) is 4.79 Å². The normalized spacial score (nSPS) is 34.3. The molecule has 4 unspecified atom stereocenters. The Morgan fingerprint density at radius 2 is 2.20 bits per heavy atom. The fourth-order valence-electron chi connectivity index (χ4n) is 2.84. The highest BCUT2D eigenvalue weighted by Gasteiger charge is 2.57. The zero-order valence-electron chi connectivity index (χ0n) is 11.0. The van der Waals surface area contributed by atoms with Crippen LogP contribution in [0, 0.1) is 0 Å². The van der Waals surface area contributed by atoms with Crippen molar-refractivity contribution in [3.05, 3.63) is 35.9 Å². The van der Waals surface area contributed by atoms with E-state index in [-0.39, 0.29) is 24.7 Å². The molecule has 1 amide bonds. The minimum Gasteiger partial charge on any atom is -0.445 e. The Labute approximate surface area is 116 Å². The number of amides is 1. The molecule has 0 aliphatic carbocycles. The molecule has 3 heterocycles. The summed E-state index contributed by atoms with van der Waals surface area (Å²) in [5, 5.41) is 1.82. The van der Waals surface area contributed by atoms with Crippen LogP contribution >= 0.6 is 0 Å². The third-order valence-electron chi connectivity index (χ3n) is 3.98. The van der Waals surface area contributed by atoms with Crippen molar-refractivity contribution in [2.45, 2.75) is 31.6 Å². The Balaban J connectivity index is 1.32. The van der Waals surface area contributed by atoms with Crippen LogP contribution < -0.4 is 0 Å². The number of rotatable bonds is 2. The summed E-state index contributed by atoms with van der Waals surface area (Å²) in [4.78, 5) is 19.0. The number of piperidine rings is 1. The summed E-state index contributed by atoms with van der Waals surface area (Å²) in [6.45, 7) is 1.59. The van der Waals surface area contributed by atoms with Crippen LogP contribution in [0.2, 0.25) is 0 Å². The first-order valence-electron chi connectivity index (χ1n) is 6.87. The van der Waals surface area contributed by atoms with E-state index in [9.17, 15) is 4.79 Å². The van der Waals surface area contributed by atoms with E-state index in [0.717, 1.165) is 12.0 Å². The molecule has 1 aromatic rings. The van der Waals surface area contributed by atoms with Crippen molar-refractivity contribution in [2.24, 2.45) is 0 Å². The molecule has 4 rings (SSSR count). The minimum atomic E-state index is -0.266. The van der Waals surface area contributed by atoms with Gasteiger partial charge in [0.05, 0.1) is 12.1 Å². The van der Waals surface area contributed by atoms with E-state index < -0.39 is 0 Å². The minimum absolute atomic E-state index is 0.151. The molecule has 0 bridgehead atoms. The first kappa shape index (κ1) is 12.1. The number of hydrogen-bond acceptors (Lipinski definition) is 5. The Kier molecular flexibility index (Phi) is 2.87. The molecule has 3 saturated heterocycles. The van der Waals surface area contributed by atoms with E-state index in [2.05, 4.69) is 0 Å². The van der Waals surface area contributed by atoms with Gasteiger partial charge in [-0.1, -0.05) is 30.3 Å². The molecule has 6 heteroatoms. The highest BCUT2D eigenvalue weighted by molar-refractivity contribution is 5.67. The Morgan fingerprint density at radius 1 is 1.35 bits per heavy atom. The molecule has 0 spiro atoms. The first-order valence-corrected chi connectivity index (χ1v) is 6.87. The Morgan fingerprint density at radius 3 is 3.05 bits per heavy atom. The van der Waals surface area contributed by atoms with E-state index in [1.165, 1.54) is 0 Å². The van der Waals surface area contributed by atoms with Crippen molar-refractivity contribution in [2.75, 3.05) is 13.1 Å². The number of carbonyl (C=O) groups excluding carboxylic acids is 1. The predicted octanol–water partition coefficient (Wildman–Crippen LogP) is 1.33. The molecule has 106 valence electrons. The van der Waals surface area contributed by atoms with E-state index in [1.54, 1.807) is 4.90 Å². The van der Waals surface area contributed by atoms with Gasteiger partial charge in [-0.15, -0.1) is 5.06 Å². The van der Waals surface area contributed by atoms with Gasteiger partial charge in [0.15, 0.2) is 0 Å². The lowest BCUT2D eigenvalue weighted by atomic mass is 10.0. The maximum Gasteiger partial charge on any atom is 0.410 e. The van der Waals surface area contributed by atoms with Crippen molar-refractivity contribution in [1.82, 2.24) is 9.96 Å². The van der Waals surface area contributed by atoms with Gasteiger partial charge in [-0.25, -0.2) is 9.63 Å². The first-order chi connectivity index (χ1) is 9.81. The van der Waals surface area contributed by atoms with Gasteiger partial charge >= 0.3 is 6.09 Å². The van der Waals surface area contributed by atoms with Gasteiger partial charge in [0, 0.05) is 13.1 Å². The zero-order valence-corrected chi connectivity index (χ0v) is 11.0. The molecule has 0 radical (unpaired) electrons. The number of nitrogens with zero attached hydrogens (tertiary/aromatic N) is 2. The highest BCUT2D eigenvalue weighted by atomic mass is 17.0. The van der Waals surface area contributed by atoms with E-state index in [4.69, 9.17) is 14.3 Å².